The number of thioether (sulfide) groups is 1. The Labute approximate surface area is 82.7 Å². The van der Waals surface area contributed by atoms with Crippen molar-refractivity contribution in [2.24, 2.45) is 0 Å². The Morgan fingerprint density at radius 2 is 2.31 bits per heavy atom. The summed E-state index contributed by atoms with van der Waals surface area (Å²) < 4.78 is 5.38. The topological polar surface area (TPSA) is 48.1 Å². The SMILES string of the molecule is CCCOc1nc(SC)ccc1N. The number of nitrogens with zero attached hydrogens (tertiary/aromatic N) is 1. The average molecular weight is 198 g/mol. The molecule has 72 valence electrons. The quantitative estimate of drug-likeness (QED) is 0.753. The lowest BCUT2D eigenvalue weighted by atomic mass is 10.4. The van der Waals surface area contributed by atoms with E-state index in [0.717, 1.165) is 11.4 Å². The molecule has 13 heavy (non-hydrogen) atoms. The Morgan fingerprint density at radius 1 is 1.54 bits per heavy atom. The van der Waals surface area contributed by atoms with Crippen LogP contribution < -0.4 is 10.5 Å². The first-order chi connectivity index (χ1) is 6.27. The van der Waals surface area contributed by atoms with E-state index in [2.05, 4.69) is 11.9 Å². The van der Waals surface area contributed by atoms with E-state index < -0.39 is 0 Å². The molecule has 0 unspecified atom stereocenters. The van der Waals surface area contributed by atoms with Crippen LogP contribution in [0.1, 0.15) is 13.3 Å². The van der Waals surface area contributed by atoms with Gasteiger partial charge in [-0.1, -0.05) is 6.92 Å². The molecular weight excluding hydrogens is 184 g/mol. The van der Waals surface area contributed by atoms with Gasteiger partial charge in [-0.2, -0.15) is 0 Å². The molecule has 0 amide bonds. The minimum Gasteiger partial charge on any atom is -0.476 e. The zero-order chi connectivity index (χ0) is 9.68. The van der Waals surface area contributed by atoms with Crippen molar-refractivity contribution < 1.29 is 4.74 Å². The second kappa shape index (κ2) is 4.97. The molecule has 2 N–H and O–H groups in total. The van der Waals surface area contributed by atoms with E-state index in [-0.39, 0.29) is 0 Å². The fourth-order valence-electron chi connectivity index (χ4n) is 0.862. The molecule has 1 rings (SSSR count). The Morgan fingerprint density at radius 3 is 2.92 bits per heavy atom. The van der Waals surface area contributed by atoms with Gasteiger partial charge in [0.25, 0.3) is 0 Å². The number of nitrogens with two attached hydrogens (primary N) is 1. The van der Waals surface area contributed by atoms with E-state index in [4.69, 9.17) is 10.5 Å². The Bertz CT molecular complexity index is 278. The van der Waals surface area contributed by atoms with E-state index in [0.29, 0.717) is 18.2 Å². The van der Waals surface area contributed by atoms with Crippen LogP contribution in [0.5, 0.6) is 5.88 Å². The van der Waals surface area contributed by atoms with Gasteiger partial charge in [0.2, 0.25) is 5.88 Å². The van der Waals surface area contributed by atoms with Gasteiger partial charge in [-0.3, -0.25) is 0 Å². The van der Waals surface area contributed by atoms with Crippen molar-refractivity contribution in [3.05, 3.63) is 12.1 Å². The van der Waals surface area contributed by atoms with Gasteiger partial charge in [-0.25, -0.2) is 4.98 Å². The van der Waals surface area contributed by atoms with Crippen LogP contribution in [0.4, 0.5) is 5.69 Å². The lowest BCUT2D eigenvalue weighted by Crippen LogP contribution is -2.01. The lowest BCUT2D eigenvalue weighted by Gasteiger charge is -2.07. The third-order valence-electron chi connectivity index (χ3n) is 1.52. The minimum absolute atomic E-state index is 0.550. The second-order valence-corrected chi connectivity index (χ2v) is 3.42. The number of aromatic nitrogens is 1. The predicted molar refractivity (Wildman–Crippen MR) is 56.2 cm³/mol. The van der Waals surface area contributed by atoms with Crippen LogP contribution >= 0.6 is 11.8 Å². The molecule has 0 aliphatic carbocycles. The minimum atomic E-state index is 0.550. The van der Waals surface area contributed by atoms with Gasteiger partial charge in [-0.15, -0.1) is 11.8 Å². The molecule has 0 saturated heterocycles. The highest BCUT2D eigenvalue weighted by atomic mass is 32.2. The summed E-state index contributed by atoms with van der Waals surface area (Å²) in [4.78, 5) is 4.24. The molecule has 0 bridgehead atoms. The van der Waals surface area contributed by atoms with Gasteiger partial charge >= 0.3 is 0 Å². The third kappa shape index (κ3) is 2.81. The van der Waals surface area contributed by atoms with Crippen molar-refractivity contribution in [2.45, 2.75) is 18.4 Å². The summed E-state index contributed by atoms with van der Waals surface area (Å²) in [6.45, 7) is 2.71. The molecule has 1 aromatic rings. The molecule has 0 spiro atoms. The first kappa shape index (κ1) is 10.2. The van der Waals surface area contributed by atoms with Gasteiger partial charge in [-0.05, 0) is 24.8 Å². The van der Waals surface area contributed by atoms with Crippen LogP contribution in [0.2, 0.25) is 0 Å². The van der Waals surface area contributed by atoms with Crippen LogP contribution in [0.15, 0.2) is 17.2 Å². The van der Waals surface area contributed by atoms with Crippen molar-refractivity contribution in [3.63, 3.8) is 0 Å². The highest BCUT2D eigenvalue weighted by Crippen LogP contribution is 2.22. The normalized spacial score (nSPS) is 10.0. The van der Waals surface area contributed by atoms with Crippen molar-refractivity contribution >= 4 is 17.4 Å². The highest BCUT2D eigenvalue weighted by Gasteiger charge is 2.02. The number of rotatable bonds is 4. The Hall–Kier alpha value is -0.900. The summed E-state index contributed by atoms with van der Waals surface area (Å²) >= 11 is 1.58. The largest absolute Gasteiger partial charge is 0.476 e. The number of anilines is 1. The van der Waals surface area contributed by atoms with Crippen LogP contribution in [0.25, 0.3) is 0 Å². The summed E-state index contributed by atoms with van der Waals surface area (Å²) in [5.74, 6) is 0.550. The maximum atomic E-state index is 5.69. The predicted octanol–water partition coefficient (Wildman–Crippen LogP) is 2.17. The Kier molecular flexibility index (Phi) is 3.89. The number of hydrogen-bond acceptors (Lipinski definition) is 4. The molecule has 0 radical (unpaired) electrons. The summed E-state index contributed by atoms with van der Waals surface area (Å²) in [7, 11) is 0. The summed E-state index contributed by atoms with van der Waals surface area (Å²) in [5, 5.41) is 0.931. The summed E-state index contributed by atoms with van der Waals surface area (Å²) in [5.41, 5.74) is 6.29. The molecule has 1 heterocycles. The van der Waals surface area contributed by atoms with Crippen LogP contribution in [0, 0.1) is 0 Å². The van der Waals surface area contributed by atoms with E-state index >= 15 is 0 Å². The number of pyridine rings is 1. The van der Waals surface area contributed by atoms with Gasteiger partial charge in [0.1, 0.15) is 0 Å². The maximum absolute atomic E-state index is 5.69. The lowest BCUT2D eigenvalue weighted by molar-refractivity contribution is 0.305. The van der Waals surface area contributed by atoms with Crippen molar-refractivity contribution in [2.75, 3.05) is 18.6 Å². The molecule has 0 aliphatic rings. The van der Waals surface area contributed by atoms with E-state index in [1.807, 2.05) is 18.4 Å². The smallest absolute Gasteiger partial charge is 0.238 e. The molecule has 0 atom stereocenters. The molecule has 3 nitrogen and oxygen atoms in total. The molecule has 0 aliphatic heterocycles. The number of nitrogen functional groups attached to an aromatic ring is 1. The molecule has 0 saturated carbocycles. The fraction of sp³-hybridized carbons (Fsp3) is 0.444. The van der Waals surface area contributed by atoms with E-state index in [1.54, 1.807) is 11.8 Å². The molecular formula is C9H14N2OS. The van der Waals surface area contributed by atoms with Crippen molar-refractivity contribution in [1.29, 1.82) is 0 Å². The standard InChI is InChI=1S/C9H14N2OS/c1-3-6-12-9-7(10)4-5-8(11-9)13-2/h4-5H,3,6,10H2,1-2H3. The molecule has 4 heteroatoms. The first-order valence-electron chi connectivity index (χ1n) is 4.21. The summed E-state index contributed by atoms with van der Waals surface area (Å²) in [6.07, 6.45) is 2.94. The first-order valence-corrected chi connectivity index (χ1v) is 5.43. The molecule has 0 aromatic carbocycles. The van der Waals surface area contributed by atoms with Crippen molar-refractivity contribution in [3.8, 4) is 5.88 Å². The van der Waals surface area contributed by atoms with E-state index in [9.17, 15) is 0 Å². The second-order valence-electron chi connectivity index (χ2n) is 2.60. The fourth-order valence-corrected chi connectivity index (χ4v) is 1.24. The molecule has 1 aromatic heterocycles. The van der Waals surface area contributed by atoms with E-state index in [1.165, 1.54) is 0 Å². The summed E-state index contributed by atoms with van der Waals surface area (Å²) in [6, 6.07) is 3.71. The zero-order valence-electron chi connectivity index (χ0n) is 7.91. The zero-order valence-corrected chi connectivity index (χ0v) is 8.73. The van der Waals surface area contributed by atoms with Crippen LogP contribution in [-0.4, -0.2) is 17.8 Å². The van der Waals surface area contributed by atoms with Crippen molar-refractivity contribution in [1.82, 2.24) is 4.98 Å². The Balaban J connectivity index is 2.78. The van der Waals surface area contributed by atoms with Crippen LogP contribution in [0.3, 0.4) is 0 Å². The number of ether oxygens (including phenoxy) is 1. The monoisotopic (exact) mass is 198 g/mol. The van der Waals surface area contributed by atoms with Gasteiger partial charge in [0.05, 0.1) is 17.3 Å². The number of hydrogen-bond donors (Lipinski definition) is 1. The maximum Gasteiger partial charge on any atom is 0.238 e. The van der Waals surface area contributed by atoms with Gasteiger partial charge in [0, 0.05) is 0 Å². The van der Waals surface area contributed by atoms with Gasteiger partial charge < -0.3 is 10.5 Å². The molecule has 0 fully saturated rings. The van der Waals surface area contributed by atoms with Gasteiger partial charge in [0.15, 0.2) is 0 Å². The highest BCUT2D eigenvalue weighted by molar-refractivity contribution is 7.98. The third-order valence-corrected chi connectivity index (χ3v) is 2.16. The van der Waals surface area contributed by atoms with Crippen LogP contribution in [-0.2, 0) is 0 Å². The average Bonchev–Trinajstić information content (AvgIpc) is 2.17.